The van der Waals surface area contributed by atoms with Crippen LogP contribution in [0.3, 0.4) is 0 Å². The van der Waals surface area contributed by atoms with E-state index in [0.717, 1.165) is 0 Å². The predicted molar refractivity (Wildman–Crippen MR) is 91.9 cm³/mol. The normalized spacial score (nSPS) is 11.2. The van der Waals surface area contributed by atoms with E-state index in [-0.39, 0.29) is 18.1 Å². The summed E-state index contributed by atoms with van der Waals surface area (Å²) in [6.07, 6.45) is -2.45. The lowest BCUT2D eigenvalue weighted by Gasteiger charge is -2.10. The van der Waals surface area contributed by atoms with Gasteiger partial charge in [0, 0.05) is 11.8 Å². The van der Waals surface area contributed by atoms with E-state index < -0.39 is 18.2 Å². The van der Waals surface area contributed by atoms with Gasteiger partial charge in [-0.25, -0.2) is 9.78 Å². The van der Waals surface area contributed by atoms with Crippen LogP contribution in [0.4, 0.5) is 23.7 Å². The van der Waals surface area contributed by atoms with Crippen LogP contribution in [0.5, 0.6) is 5.75 Å². The summed E-state index contributed by atoms with van der Waals surface area (Å²) in [4.78, 5) is 23.3. The molecule has 0 aliphatic rings. The van der Waals surface area contributed by atoms with Gasteiger partial charge in [0.05, 0.1) is 24.7 Å². The number of hydrogen-bond donors (Lipinski definition) is 1. The van der Waals surface area contributed by atoms with Crippen LogP contribution >= 0.6 is 0 Å². The first kappa shape index (κ1) is 20.0. The average Bonchev–Trinajstić information content (AvgIpc) is 3.19. The highest BCUT2D eigenvalue weighted by molar-refractivity contribution is 5.85. The maximum atomic E-state index is 12.6. The predicted octanol–water partition coefficient (Wildman–Crippen LogP) is 3.61. The molecule has 0 bridgehead atoms. The molecule has 0 atom stereocenters. The molecule has 29 heavy (non-hydrogen) atoms. The lowest BCUT2D eigenvalue weighted by atomic mass is 10.2. The summed E-state index contributed by atoms with van der Waals surface area (Å²) in [7, 11) is 1.49. The fourth-order valence-electron chi connectivity index (χ4n) is 2.21. The highest BCUT2D eigenvalue weighted by atomic mass is 19.4. The molecule has 3 heterocycles. The molecule has 0 saturated carbocycles. The molecule has 0 unspecified atom stereocenters. The number of amides is 1. The Hall–Kier alpha value is -3.70. The monoisotopic (exact) mass is 409 g/mol. The molecule has 3 aromatic rings. The Labute approximate surface area is 161 Å². The van der Waals surface area contributed by atoms with Crippen LogP contribution in [0, 0.1) is 6.92 Å². The molecule has 152 valence electrons. The first-order valence-corrected chi connectivity index (χ1v) is 8.07. The fraction of sp³-hybridized carbons (Fsp3) is 0.235. The van der Waals surface area contributed by atoms with Crippen molar-refractivity contribution in [2.24, 2.45) is 0 Å². The van der Waals surface area contributed by atoms with E-state index in [4.69, 9.17) is 9.47 Å². The van der Waals surface area contributed by atoms with Crippen LogP contribution in [0.2, 0.25) is 0 Å². The van der Waals surface area contributed by atoms with Gasteiger partial charge in [-0.05, 0) is 25.1 Å². The molecular formula is C17H14F3N5O4. The van der Waals surface area contributed by atoms with Crippen molar-refractivity contribution in [3.63, 3.8) is 0 Å². The Morgan fingerprint density at radius 3 is 2.69 bits per heavy atom. The van der Waals surface area contributed by atoms with Crippen LogP contribution in [-0.4, -0.2) is 33.3 Å². The van der Waals surface area contributed by atoms with Gasteiger partial charge in [0.25, 0.3) is 0 Å². The van der Waals surface area contributed by atoms with E-state index >= 15 is 0 Å². The lowest BCUT2D eigenvalue weighted by molar-refractivity contribution is -0.159. The Morgan fingerprint density at radius 2 is 2.03 bits per heavy atom. The summed E-state index contributed by atoms with van der Waals surface area (Å²) >= 11 is 0. The van der Waals surface area contributed by atoms with Crippen molar-refractivity contribution in [3.8, 4) is 17.3 Å². The number of carbonyl (C=O) groups excluding carboxylic acids is 1. The van der Waals surface area contributed by atoms with Gasteiger partial charge in [0.15, 0.2) is 0 Å². The number of rotatable bonds is 5. The van der Waals surface area contributed by atoms with E-state index in [1.807, 2.05) is 0 Å². The molecule has 0 fully saturated rings. The summed E-state index contributed by atoms with van der Waals surface area (Å²) in [6, 6.07) is 4.46. The van der Waals surface area contributed by atoms with Crippen LogP contribution in [0.15, 0.2) is 35.1 Å². The number of aryl methyl sites for hydroxylation is 1. The number of aromatic nitrogens is 4. The van der Waals surface area contributed by atoms with Gasteiger partial charge in [-0.2, -0.15) is 18.2 Å². The zero-order valence-corrected chi connectivity index (χ0v) is 15.1. The maximum Gasteiger partial charge on any atom is 0.471 e. The minimum absolute atomic E-state index is 0.0380. The van der Waals surface area contributed by atoms with Crippen molar-refractivity contribution in [2.45, 2.75) is 19.7 Å². The Bertz CT molecular complexity index is 1020. The third-order valence-electron chi connectivity index (χ3n) is 3.60. The molecular weight excluding hydrogens is 395 g/mol. The zero-order valence-electron chi connectivity index (χ0n) is 15.1. The molecule has 9 nitrogen and oxygen atoms in total. The lowest BCUT2D eigenvalue weighted by Crippen LogP contribution is -2.15. The number of anilines is 1. The Balaban J connectivity index is 1.64. The van der Waals surface area contributed by atoms with Crippen LogP contribution in [0.1, 0.15) is 17.1 Å². The quantitative estimate of drug-likeness (QED) is 0.680. The van der Waals surface area contributed by atoms with E-state index in [2.05, 4.69) is 29.9 Å². The molecule has 0 saturated heterocycles. The number of alkyl halides is 3. The summed E-state index contributed by atoms with van der Waals surface area (Å²) in [5.41, 5.74) is 1.31. The standard InChI is InChI=1S/C17H14F3N5O4/c1-9-12(23-16(26)28-8-10-5-11(27-2)7-21-6-10)3-4-13(22-9)14-24-15(29-25-14)17(18,19)20/h3-7H,8H2,1-2H3,(H,23,26). The minimum Gasteiger partial charge on any atom is -0.495 e. The third-order valence-corrected chi connectivity index (χ3v) is 3.60. The van der Waals surface area contributed by atoms with Crippen molar-refractivity contribution in [1.29, 1.82) is 0 Å². The number of pyridine rings is 2. The third kappa shape index (κ3) is 4.97. The van der Waals surface area contributed by atoms with Gasteiger partial charge in [0.2, 0.25) is 5.82 Å². The molecule has 3 aromatic heterocycles. The number of nitrogens with one attached hydrogen (secondary N) is 1. The molecule has 1 amide bonds. The topological polar surface area (TPSA) is 112 Å². The molecule has 1 N–H and O–H groups in total. The smallest absolute Gasteiger partial charge is 0.471 e. The van der Waals surface area contributed by atoms with Gasteiger partial charge >= 0.3 is 18.2 Å². The SMILES string of the molecule is COc1cncc(COC(=O)Nc2ccc(-c3noc(C(F)(F)F)n3)nc2C)c1. The first-order valence-electron chi connectivity index (χ1n) is 8.07. The number of methoxy groups -OCH3 is 1. The summed E-state index contributed by atoms with van der Waals surface area (Å²) in [5, 5.41) is 5.76. The van der Waals surface area contributed by atoms with Gasteiger partial charge in [-0.3, -0.25) is 10.3 Å². The second kappa shape index (κ2) is 8.12. The number of ether oxygens (including phenoxy) is 2. The fourth-order valence-corrected chi connectivity index (χ4v) is 2.21. The van der Waals surface area contributed by atoms with Gasteiger partial charge < -0.3 is 14.0 Å². The number of hydrogen-bond acceptors (Lipinski definition) is 8. The van der Waals surface area contributed by atoms with E-state index in [1.165, 1.54) is 31.6 Å². The molecule has 0 radical (unpaired) electrons. The summed E-state index contributed by atoms with van der Waals surface area (Å²) in [6.45, 7) is 1.51. The van der Waals surface area contributed by atoms with Crippen LogP contribution in [0.25, 0.3) is 11.5 Å². The van der Waals surface area contributed by atoms with Crippen molar-refractivity contribution in [1.82, 2.24) is 20.1 Å². The number of carbonyl (C=O) groups is 1. The largest absolute Gasteiger partial charge is 0.495 e. The first-order chi connectivity index (χ1) is 13.8. The molecule has 0 aliphatic heterocycles. The highest BCUT2D eigenvalue weighted by Gasteiger charge is 2.38. The van der Waals surface area contributed by atoms with Crippen LogP contribution < -0.4 is 10.1 Å². The molecule has 3 rings (SSSR count). The van der Waals surface area contributed by atoms with E-state index in [9.17, 15) is 18.0 Å². The van der Waals surface area contributed by atoms with Crippen molar-refractivity contribution in [3.05, 3.63) is 47.7 Å². The second-order valence-electron chi connectivity index (χ2n) is 5.68. The molecule has 0 aromatic carbocycles. The van der Waals surface area contributed by atoms with E-state index in [1.54, 1.807) is 13.0 Å². The van der Waals surface area contributed by atoms with Crippen molar-refractivity contribution >= 4 is 11.8 Å². The van der Waals surface area contributed by atoms with E-state index in [0.29, 0.717) is 22.7 Å². The maximum absolute atomic E-state index is 12.6. The van der Waals surface area contributed by atoms with Crippen LogP contribution in [-0.2, 0) is 17.5 Å². The number of halogens is 3. The number of nitrogens with zero attached hydrogens (tertiary/aromatic N) is 4. The summed E-state index contributed by atoms with van der Waals surface area (Å²) in [5.74, 6) is -1.26. The van der Waals surface area contributed by atoms with Gasteiger partial charge in [-0.1, -0.05) is 5.16 Å². The molecule has 0 spiro atoms. The summed E-state index contributed by atoms with van der Waals surface area (Å²) < 4.78 is 52.0. The Kier molecular flexibility index (Phi) is 5.61. The zero-order chi connectivity index (χ0) is 21.0. The van der Waals surface area contributed by atoms with Gasteiger partial charge in [-0.15, -0.1) is 0 Å². The molecule has 12 heteroatoms. The van der Waals surface area contributed by atoms with Crippen molar-refractivity contribution in [2.75, 3.05) is 12.4 Å². The Morgan fingerprint density at radius 1 is 1.24 bits per heavy atom. The van der Waals surface area contributed by atoms with Crippen molar-refractivity contribution < 1.29 is 32.0 Å². The van der Waals surface area contributed by atoms with Gasteiger partial charge in [0.1, 0.15) is 18.1 Å². The second-order valence-corrected chi connectivity index (χ2v) is 5.68. The molecule has 0 aliphatic carbocycles. The average molecular weight is 409 g/mol. The minimum atomic E-state index is -4.75. The highest BCUT2D eigenvalue weighted by Crippen LogP contribution is 2.29.